The first-order chi connectivity index (χ1) is 13.8. The van der Waals surface area contributed by atoms with Gasteiger partial charge in [-0.15, -0.1) is 0 Å². The second kappa shape index (κ2) is 10.1. The van der Waals surface area contributed by atoms with E-state index < -0.39 is 21.7 Å². The number of nitrogens with one attached hydrogen (secondary N) is 2. The molecular weight excluding hydrogens is 403 g/mol. The van der Waals surface area contributed by atoms with Crippen LogP contribution in [0.1, 0.15) is 13.3 Å². The highest BCUT2D eigenvalue weighted by molar-refractivity contribution is 7.89. The van der Waals surface area contributed by atoms with Gasteiger partial charge in [0.05, 0.1) is 25.7 Å². The molecule has 0 bridgehead atoms. The van der Waals surface area contributed by atoms with Gasteiger partial charge in [-0.25, -0.2) is 17.5 Å². The van der Waals surface area contributed by atoms with E-state index in [2.05, 4.69) is 10.0 Å². The number of amides is 1. The molecule has 0 radical (unpaired) electrons. The molecule has 10 heteroatoms. The predicted molar refractivity (Wildman–Crippen MR) is 106 cm³/mol. The Morgan fingerprint density at radius 2 is 1.72 bits per heavy atom. The Morgan fingerprint density at radius 1 is 1.03 bits per heavy atom. The summed E-state index contributed by atoms with van der Waals surface area (Å²) in [5.41, 5.74) is 0.249. The number of sulfonamides is 1. The highest BCUT2D eigenvalue weighted by atomic mass is 32.2. The third-order valence-electron chi connectivity index (χ3n) is 3.82. The SMILES string of the molecule is CCOc1ccc(NC(=O)CCNS(=O)(=O)c2ccc(OC)c(OC)c2)cc1F. The topological polar surface area (TPSA) is 103 Å². The minimum absolute atomic E-state index is 0.0239. The molecule has 2 aromatic rings. The normalized spacial score (nSPS) is 11.0. The van der Waals surface area contributed by atoms with Crippen molar-refractivity contribution in [3.63, 3.8) is 0 Å². The van der Waals surface area contributed by atoms with Crippen molar-refractivity contribution in [3.05, 3.63) is 42.2 Å². The van der Waals surface area contributed by atoms with Gasteiger partial charge in [0.2, 0.25) is 15.9 Å². The molecule has 2 rings (SSSR count). The molecule has 1 amide bonds. The van der Waals surface area contributed by atoms with Gasteiger partial charge in [0, 0.05) is 30.8 Å². The van der Waals surface area contributed by atoms with Crippen LogP contribution in [0.5, 0.6) is 17.2 Å². The van der Waals surface area contributed by atoms with Crippen molar-refractivity contribution in [2.45, 2.75) is 18.2 Å². The van der Waals surface area contributed by atoms with E-state index >= 15 is 0 Å². The molecule has 29 heavy (non-hydrogen) atoms. The van der Waals surface area contributed by atoms with E-state index in [0.717, 1.165) is 6.07 Å². The molecule has 0 aromatic heterocycles. The fourth-order valence-electron chi connectivity index (χ4n) is 2.44. The van der Waals surface area contributed by atoms with E-state index in [1.807, 2.05) is 0 Å². The third kappa shape index (κ3) is 6.06. The Bertz CT molecular complexity index is 965. The minimum Gasteiger partial charge on any atom is -0.493 e. The Kier molecular flexibility index (Phi) is 7.80. The molecule has 158 valence electrons. The summed E-state index contributed by atoms with van der Waals surface area (Å²) in [5, 5.41) is 2.51. The second-order valence-electron chi connectivity index (χ2n) is 5.79. The average molecular weight is 426 g/mol. The Morgan fingerprint density at radius 3 is 2.34 bits per heavy atom. The Balaban J connectivity index is 1.93. The monoisotopic (exact) mass is 426 g/mol. The first-order valence-electron chi connectivity index (χ1n) is 8.74. The molecule has 2 N–H and O–H groups in total. The number of carbonyl (C=O) groups is 1. The van der Waals surface area contributed by atoms with Crippen LogP contribution < -0.4 is 24.2 Å². The lowest BCUT2D eigenvalue weighted by molar-refractivity contribution is -0.116. The fraction of sp³-hybridized carbons (Fsp3) is 0.316. The maximum Gasteiger partial charge on any atom is 0.240 e. The summed E-state index contributed by atoms with van der Waals surface area (Å²) in [5.74, 6) is -0.311. The Hall–Kier alpha value is -2.85. The van der Waals surface area contributed by atoms with Gasteiger partial charge in [0.25, 0.3) is 0 Å². The average Bonchev–Trinajstić information content (AvgIpc) is 2.69. The van der Waals surface area contributed by atoms with Gasteiger partial charge in [-0.3, -0.25) is 4.79 Å². The first-order valence-corrected chi connectivity index (χ1v) is 10.2. The fourth-order valence-corrected chi connectivity index (χ4v) is 3.49. The van der Waals surface area contributed by atoms with Crippen LogP contribution in [0.2, 0.25) is 0 Å². The smallest absolute Gasteiger partial charge is 0.240 e. The van der Waals surface area contributed by atoms with Crippen LogP contribution in [0, 0.1) is 5.82 Å². The lowest BCUT2D eigenvalue weighted by Gasteiger charge is -2.11. The molecule has 0 aliphatic heterocycles. The van der Waals surface area contributed by atoms with Crippen molar-refractivity contribution < 1.29 is 31.8 Å². The lowest BCUT2D eigenvalue weighted by atomic mass is 10.2. The van der Waals surface area contributed by atoms with E-state index in [0.29, 0.717) is 12.4 Å². The summed E-state index contributed by atoms with van der Waals surface area (Å²) in [4.78, 5) is 12.0. The molecule has 0 aliphatic rings. The van der Waals surface area contributed by atoms with Gasteiger partial charge >= 0.3 is 0 Å². The molecular formula is C19H23FN2O6S. The minimum atomic E-state index is -3.85. The summed E-state index contributed by atoms with van der Waals surface area (Å²) in [6.45, 7) is 1.92. The number of hydrogen-bond donors (Lipinski definition) is 2. The zero-order valence-electron chi connectivity index (χ0n) is 16.3. The largest absolute Gasteiger partial charge is 0.493 e. The number of anilines is 1. The maximum atomic E-state index is 13.8. The molecule has 0 saturated heterocycles. The van der Waals surface area contributed by atoms with Crippen molar-refractivity contribution in [1.29, 1.82) is 0 Å². The van der Waals surface area contributed by atoms with Gasteiger partial charge in [0.15, 0.2) is 23.1 Å². The number of hydrogen-bond acceptors (Lipinski definition) is 6. The molecule has 0 aliphatic carbocycles. The second-order valence-corrected chi connectivity index (χ2v) is 7.56. The number of ether oxygens (including phenoxy) is 3. The van der Waals surface area contributed by atoms with Crippen LogP contribution >= 0.6 is 0 Å². The number of methoxy groups -OCH3 is 2. The molecule has 8 nitrogen and oxygen atoms in total. The number of benzene rings is 2. The van der Waals surface area contributed by atoms with Gasteiger partial charge in [-0.1, -0.05) is 0 Å². The number of rotatable bonds is 10. The van der Waals surface area contributed by atoms with Crippen LogP contribution in [0.4, 0.5) is 10.1 Å². The summed E-state index contributed by atoms with van der Waals surface area (Å²) < 4.78 is 56.2. The molecule has 0 heterocycles. The van der Waals surface area contributed by atoms with Crippen molar-refractivity contribution in [2.24, 2.45) is 0 Å². The zero-order valence-corrected chi connectivity index (χ0v) is 17.1. The van der Waals surface area contributed by atoms with Crippen LogP contribution in [0.3, 0.4) is 0 Å². The summed E-state index contributed by atoms with van der Waals surface area (Å²) in [7, 11) is -1.00. The highest BCUT2D eigenvalue weighted by Crippen LogP contribution is 2.29. The van der Waals surface area contributed by atoms with Crippen molar-refractivity contribution in [3.8, 4) is 17.2 Å². The van der Waals surface area contributed by atoms with Crippen LogP contribution in [0.25, 0.3) is 0 Å². The Labute approximate surface area is 169 Å². The highest BCUT2D eigenvalue weighted by Gasteiger charge is 2.17. The van der Waals surface area contributed by atoms with E-state index in [-0.39, 0.29) is 35.0 Å². The summed E-state index contributed by atoms with van der Waals surface area (Å²) >= 11 is 0. The van der Waals surface area contributed by atoms with Gasteiger partial charge in [-0.2, -0.15) is 0 Å². The van der Waals surface area contributed by atoms with Crippen molar-refractivity contribution in [1.82, 2.24) is 4.72 Å². The molecule has 0 spiro atoms. The van der Waals surface area contributed by atoms with E-state index in [4.69, 9.17) is 14.2 Å². The molecule has 2 aromatic carbocycles. The van der Waals surface area contributed by atoms with Gasteiger partial charge in [0.1, 0.15) is 0 Å². The van der Waals surface area contributed by atoms with Crippen LogP contribution in [-0.2, 0) is 14.8 Å². The van der Waals surface area contributed by atoms with Crippen molar-refractivity contribution >= 4 is 21.6 Å². The lowest BCUT2D eigenvalue weighted by Crippen LogP contribution is -2.27. The van der Waals surface area contributed by atoms with Crippen LogP contribution in [0.15, 0.2) is 41.3 Å². The van der Waals surface area contributed by atoms with Crippen LogP contribution in [-0.4, -0.2) is 41.7 Å². The molecule has 0 unspecified atom stereocenters. The molecule has 0 atom stereocenters. The maximum absolute atomic E-state index is 13.8. The molecule has 0 fully saturated rings. The predicted octanol–water partition coefficient (Wildman–Crippen LogP) is 2.55. The summed E-state index contributed by atoms with van der Waals surface area (Å²) in [6.07, 6.45) is -0.138. The van der Waals surface area contributed by atoms with Gasteiger partial charge < -0.3 is 19.5 Å². The summed E-state index contributed by atoms with van der Waals surface area (Å²) in [6, 6.07) is 8.21. The quantitative estimate of drug-likeness (QED) is 0.605. The third-order valence-corrected chi connectivity index (χ3v) is 5.28. The standard InChI is InChI=1S/C19H23FN2O6S/c1-4-28-16-7-5-13(11-15(16)20)22-19(23)9-10-21-29(24,25)14-6-8-17(26-2)18(12-14)27-3/h5-8,11-12,21H,4,9-10H2,1-3H3,(H,22,23). The van der Waals surface area contributed by atoms with Gasteiger partial charge in [-0.05, 0) is 31.2 Å². The number of carbonyl (C=O) groups excluding carboxylic acids is 1. The van der Waals surface area contributed by atoms with E-state index in [1.54, 1.807) is 6.92 Å². The van der Waals surface area contributed by atoms with Crippen molar-refractivity contribution in [2.75, 3.05) is 32.7 Å². The molecule has 0 saturated carbocycles. The van der Waals surface area contributed by atoms with E-state index in [9.17, 15) is 17.6 Å². The first kappa shape index (κ1) is 22.4. The number of halogens is 1. The zero-order chi connectivity index (χ0) is 21.4. The van der Waals surface area contributed by atoms with E-state index in [1.165, 1.54) is 44.6 Å².